The number of hydrogen-bond donors (Lipinski definition) is 2. The van der Waals surface area contributed by atoms with Crippen molar-refractivity contribution in [1.82, 2.24) is 4.31 Å². The van der Waals surface area contributed by atoms with E-state index in [4.69, 9.17) is 5.73 Å². The van der Waals surface area contributed by atoms with E-state index in [1.54, 1.807) is 19.1 Å². The molecule has 1 aliphatic rings. The first-order chi connectivity index (χ1) is 9.00. The highest BCUT2D eigenvalue weighted by molar-refractivity contribution is 7.89. The van der Waals surface area contributed by atoms with Crippen molar-refractivity contribution in [3.63, 3.8) is 0 Å². The summed E-state index contributed by atoms with van der Waals surface area (Å²) in [5.74, 6) is 0. The molecule has 0 saturated carbocycles. The second-order valence-electron chi connectivity index (χ2n) is 4.90. The summed E-state index contributed by atoms with van der Waals surface area (Å²) in [5.41, 5.74) is 7.07. The average Bonchev–Trinajstić information content (AvgIpc) is 2.88. The van der Waals surface area contributed by atoms with Gasteiger partial charge in [-0.2, -0.15) is 4.31 Å². The lowest BCUT2D eigenvalue weighted by Crippen LogP contribution is -2.37. The smallest absolute Gasteiger partial charge is 0.243 e. The fourth-order valence-electron chi connectivity index (χ4n) is 2.48. The van der Waals surface area contributed by atoms with Gasteiger partial charge in [0.2, 0.25) is 10.0 Å². The van der Waals surface area contributed by atoms with Crippen LogP contribution in [0.15, 0.2) is 23.1 Å². The van der Waals surface area contributed by atoms with E-state index in [1.165, 1.54) is 4.31 Å². The van der Waals surface area contributed by atoms with E-state index in [-0.39, 0.29) is 12.6 Å². The molecule has 5 nitrogen and oxygen atoms in total. The summed E-state index contributed by atoms with van der Waals surface area (Å²) < 4.78 is 26.7. The molecule has 3 N–H and O–H groups in total. The van der Waals surface area contributed by atoms with Gasteiger partial charge in [-0.1, -0.05) is 12.1 Å². The standard InChI is InChI=1S/C13H20N2O3S/c1-10-4-5-11(8-14)7-13(10)19(17,18)15-6-2-3-12(15)9-16/h4-5,7,12,16H,2-3,6,8-9,14H2,1H3. The van der Waals surface area contributed by atoms with Gasteiger partial charge in [-0.3, -0.25) is 0 Å². The number of nitrogens with two attached hydrogens (primary N) is 1. The van der Waals surface area contributed by atoms with E-state index in [1.807, 2.05) is 6.07 Å². The molecule has 0 bridgehead atoms. The topological polar surface area (TPSA) is 83.6 Å². The first kappa shape index (κ1) is 14.5. The summed E-state index contributed by atoms with van der Waals surface area (Å²) in [4.78, 5) is 0.302. The van der Waals surface area contributed by atoms with Gasteiger partial charge in [0, 0.05) is 19.1 Å². The summed E-state index contributed by atoms with van der Waals surface area (Å²) in [6, 6.07) is 4.95. The van der Waals surface area contributed by atoms with E-state index in [0.717, 1.165) is 12.0 Å². The number of nitrogens with zero attached hydrogens (tertiary/aromatic N) is 1. The highest BCUT2D eigenvalue weighted by Crippen LogP contribution is 2.28. The number of hydrogen-bond acceptors (Lipinski definition) is 4. The van der Waals surface area contributed by atoms with Crippen LogP contribution in [0.4, 0.5) is 0 Å². The number of aryl methyl sites for hydroxylation is 1. The predicted molar refractivity (Wildman–Crippen MR) is 73.1 cm³/mol. The van der Waals surface area contributed by atoms with Crippen LogP contribution in [-0.4, -0.2) is 37.0 Å². The van der Waals surface area contributed by atoms with E-state index in [0.29, 0.717) is 30.0 Å². The largest absolute Gasteiger partial charge is 0.395 e. The van der Waals surface area contributed by atoms with Crippen molar-refractivity contribution in [2.45, 2.75) is 37.2 Å². The van der Waals surface area contributed by atoms with Crippen LogP contribution in [0, 0.1) is 6.92 Å². The highest BCUT2D eigenvalue weighted by atomic mass is 32.2. The zero-order valence-electron chi connectivity index (χ0n) is 11.0. The maximum absolute atomic E-state index is 12.7. The van der Waals surface area contributed by atoms with Crippen molar-refractivity contribution >= 4 is 10.0 Å². The molecule has 0 amide bonds. The van der Waals surface area contributed by atoms with Gasteiger partial charge in [0.15, 0.2) is 0 Å². The minimum absolute atomic E-state index is 0.130. The number of aliphatic hydroxyl groups is 1. The van der Waals surface area contributed by atoms with E-state index < -0.39 is 10.0 Å². The Balaban J connectivity index is 2.44. The second-order valence-corrected chi connectivity index (χ2v) is 6.76. The summed E-state index contributed by atoms with van der Waals surface area (Å²) in [5, 5.41) is 9.29. The Morgan fingerprint density at radius 3 is 2.84 bits per heavy atom. The van der Waals surface area contributed by atoms with Crippen LogP contribution in [0.1, 0.15) is 24.0 Å². The van der Waals surface area contributed by atoms with Gasteiger partial charge in [0.05, 0.1) is 11.5 Å². The van der Waals surface area contributed by atoms with Gasteiger partial charge in [0.25, 0.3) is 0 Å². The number of benzene rings is 1. The Hall–Kier alpha value is -0.950. The minimum Gasteiger partial charge on any atom is -0.395 e. The van der Waals surface area contributed by atoms with Crippen molar-refractivity contribution in [3.05, 3.63) is 29.3 Å². The lowest BCUT2D eigenvalue weighted by molar-refractivity contribution is 0.213. The fraction of sp³-hybridized carbons (Fsp3) is 0.538. The molecule has 19 heavy (non-hydrogen) atoms. The molecule has 0 aromatic heterocycles. The third-order valence-electron chi connectivity index (χ3n) is 3.61. The average molecular weight is 284 g/mol. The molecule has 1 heterocycles. The van der Waals surface area contributed by atoms with Crippen LogP contribution in [0.2, 0.25) is 0 Å². The molecule has 1 aliphatic heterocycles. The minimum atomic E-state index is -3.55. The van der Waals surface area contributed by atoms with Crippen molar-refractivity contribution in [1.29, 1.82) is 0 Å². The number of rotatable bonds is 4. The fourth-order valence-corrected chi connectivity index (χ4v) is 4.45. The maximum Gasteiger partial charge on any atom is 0.243 e. The quantitative estimate of drug-likeness (QED) is 0.848. The van der Waals surface area contributed by atoms with E-state index in [9.17, 15) is 13.5 Å². The molecule has 0 radical (unpaired) electrons. The van der Waals surface area contributed by atoms with Crippen LogP contribution in [-0.2, 0) is 16.6 Å². The van der Waals surface area contributed by atoms with Crippen LogP contribution in [0.3, 0.4) is 0 Å². The van der Waals surface area contributed by atoms with Gasteiger partial charge in [-0.25, -0.2) is 8.42 Å². The normalized spacial score (nSPS) is 20.9. The molecular weight excluding hydrogens is 264 g/mol. The molecule has 6 heteroatoms. The van der Waals surface area contributed by atoms with Gasteiger partial charge >= 0.3 is 0 Å². The molecule has 1 aromatic rings. The predicted octanol–water partition coefficient (Wildman–Crippen LogP) is 0.599. The Bertz CT molecular complexity index is 557. The van der Waals surface area contributed by atoms with Gasteiger partial charge in [-0.05, 0) is 37.0 Å². The molecule has 1 saturated heterocycles. The summed E-state index contributed by atoms with van der Waals surface area (Å²) in [7, 11) is -3.55. The Morgan fingerprint density at radius 1 is 1.47 bits per heavy atom. The SMILES string of the molecule is Cc1ccc(CN)cc1S(=O)(=O)N1CCCC1CO. The first-order valence-electron chi connectivity index (χ1n) is 6.43. The number of aliphatic hydroxyl groups excluding tert-OH is 1. The Morgan fingerprint density at radius 2 is 2.21 bits per heavy atom. The zero-order valence-corrected chi connectivity index (χ0v) is 11.9. The lowest BCUT2D eigenvalue weighted by Gasteiger charge is -2.23. The Labute approximate surface area is 114 Å². The van der Waals surface area contributed by atoms with Crippen molar-refractivity contribution in [2.24, 2.45) is 5.73 Å². The molecule has 1 aromatic carbocycles. The molecule has 1 fully saturated rings. The van der Waals surface area contributed by atoms with Gasteiger partial charge < -0.3 is 10.8 Å². The molecule has 1 unspecified atom stereocenters. The third kappa shape index (κ3) is 2.67. The molecule has 1 atom stereocenters. The van der Waals surface area contributed by atoms with Crippen LogP contribution >= 0.6 is 0 Å². The Kier molecular flexibility index (Phi) is 4.25. The van der Waals surface area contributed by atoms with E-state index in [2.05, 4.69) is 0 Å². The zero-order chi connectivity index (χ0) is 14.0. The summed E-state index contributed by atoms with van der Waals surface area (Å²) >= 11 is 0. The lowest BCUT2D eigenvalue weighted by atomic mass is 10.1. The van der Waals surface area contributed by atoms with E-state index >= 15 is 0 Å². The summed E-state index contributed by atoms with van der Waals surface area (Å²) in [6.07, 6.45) is 1.51. The van der Waals surface area contributed by atoms with Crippen LogP contribution in [0.5, 0.6) is 0 Å². The van der Waals surface area contributed by atoms with Crippen molar-refractivity contribution in [3.8, 4) is 0 Å². The molecule has 0 aliphatic carbocycles. The maximum atomic E-state index is 12.7. The van der Waals surface area contributed by atoms with Crippen molar-refractivity contribution in [2.75, 3.05) is 13.2 Å². The third-order valence-corrected chi connectivity index (χ3v) is 5.70. The molecular formula is C13H20N2O3S. The van der Waals surface area contributed by atoms with Crippen LogP contribution < -0.4 is 5.73 Å². The van der Waals surface area contributed by atoms with Crippen molar-refractivity contribution < 1.29 is 13.5 Å². The number of sulfonamides is 1. The monoisotopic (exact) mass is 284 g/mol. The molecule has 2 rings (SSSR count). The molecule has 106 valence electrons. The van der Waals surface area contributed by atoms with Crippen LogP contribution in [0.25, 0.3) is 0 Å². The second kappa shape index (κ2) is 5.58. The van der Waals surface area contributed by atoms with Gasteiger partial charge in [-0.15, -0.1) is 0 Å². The van der Waals surface area contributed by atoms with Gasteiger partial charge in [0.1, 0.15) is 0 Å². The first-order valence-corrected chi connectivity index (χ1v) is 7.87. The highest BCUT2D eigenvalue weighted by Gasteiger charge is 2.35. The summed E-state index contributed by atoms with van der Waals surface area (Å²) in [6.45, 7) is 2.43. The molecule has 0 spiro atoms.